The molecule has 0 bridgehead atoms. The number of carboxylic acids is 3. The fourth-order valence-corrected chi connectivity index (χ4v) is 5.19. The number of hydrogen-bond acceptors (Lipinski definition) is 16. The zero-order valence-electron chi connectivity index (χ0n) is 33.2. The Bertz CT molecular complexity index is 2160. The van der Waals surface area contributed by atoms with E-state index in [4.69, 9.17) is 27.1 Å². The lowest BCUT2D eigenvalue weighted by Gasteiger charge is -2.23. The Morgan fingerprint density at radius 1 is 0.871 bits per heavy atom. The van der Waals surface area contributed by atoms with E-state index in [0.29, 0.717) is 16.9 Å². The summed E-state index contributed by atoms with van der Waals surface area (Å²) in [4.78, 5) is 126. The van der Waals surface area contributed by atoms with Gasteiger partial charge in [0, 0.05) is 43.4 Å². The third-order valence-corrected chi connectivity index (χ3v) is 8.19. The van der Waals surface area contributed by atoms with Gasteiger partial charge in [-0.05, 0) is 43.5 Å². The molecule has 0 aliphatic rings. The first-order valence-electron chi connectivity index (χ1n) is 18.4. The SMILES string of the molecule is CC(=O)O.NC(N)=NCCC[C@H](NC(=O)CNC(=O)CCCNC(=O)c1ccc(NCc2cnc3nc(N)[nH]c(=O)c3n2)cc1)C(=O)N[C@@H](CC(=O)O)C(=O)N[C@@H](CS)C(=O)O. The number of nitrogens with zero attached hydrogens (tertiary/aromatic N) is 4. The number of amides is 5. The number of carbonyl (C=O) groups excluding carboxylic acids is 5. The first-order chi connectivity index (χ1) is 29.3. The van der Waals surface area contributed by atoms with Crippen molar-refractivity contribution in [2.24, 2.45) is 16.5 Å². The van der Waals surface area contributed by atoms with Gasteiger partial charge in [0.05, 0.1) is 31.4 Å². The van der Waals surface area contributed by atoms with E-state index in [1.54, 1.807) is 24.3 Å². The molecule has 26 nitrogen and oxygen atoms in total. The molecular formula is C35H48N14O12S. The first kappa shape index (κ1) is 50.6. The van der Waals surface area contributed by atoms with Gasteiger partial charge < -0.3 is 64.4 Å². The highest BCUT2D eigenvalue weighted by atomic mass is 32.1. The van der Waals surface area contributed by atoms with E-state index in [2.05, 4.69) is 69.5 Å². The van der Waals surface area contributed by atoms with Crippen molar-refractivity contribution >= 4 is 88.8 Å². The molecule has 0 unspecified atom stereocenters. The van der Waals surface area contributed by atoms with Gasteiger partial charge in [0.25, 0.3) is 17.4 Å². The van der Waals surface area contributed by atoms with Crippen LogP contribution in [0.5, 0.6) is 0 Å². The number of benzene rings is 1. The van der Waals surface area contributed by atoms with E-state index in [9.17, 15) is 48.6 Å². The van der Waals surface area contributed by atoms with Gasteiger partial charge in [-0.3, -0.25) is 48.3 Å². The maximum Gasteiger partial charge on any atom is 0.327 e. The number of carboxylic acid groups (broad SMARTS) is 3. The van der Waals surface area contributed by atoms with Gasteiger partial charge in [-0.25, -0.2) is 14.8 Å². The van der Waals surface area contributed by atoms with Crippen LogP contribution in [0.4, 0.5) is 11.6 Å². The summed E-state index contributed by atoms with van der Waals surface area (Å²) >= 11 is 3.84. The number of aliphatic imine (C=N–C) groups is 1. The second-order valence-corrected chi connectivity index (χ2v) is 13.2. The van der Waals surface area contributed by atoms with Crippen molar-refractivity contribution < 1.29 is 53.7 Å². The predicted octanol–water partition coefficient (Wildman–Crippen LogP) is -3.38. The number of nitrogens with one attached hydrogen (secondary N) is 7. The molecular weight excluding hydrogens is 841 g/mol. The summed E-state index contributed by atoms with van der Waals surface area (Å²) in [7, 11) is 0. The lowest BCUT2D eigenvalue weighted by atomic mass is 10.1. The molecule has 5 amide bonds. The Labute approximate surface area is 357 Å². The number of aliphatic carboxylic acids is 3. The molecule has 0 aliphatic carbocycles. The number of nitrogen functional groups attached to an aromatic ring is 1. The number of fused-ring (bicyclic) bond motifs is 1. The zero-order valence-corrected chi connectivity index (χ0v) is 34.1. The standard InChI is InChI=1S/C33H44N14O10S.C2H4O2/c34-32(35)38-10-1-3-19(28(53)44-20(11-24(50)51)29(54)45-21(15-58)31(56)57)43-23(49)14-40-22(48)4-2-9-37-27(52)16-5-7-17(8-6-16)39-12-18-13-41-26-25(42-18)30(55)47-33(36)46-26;1-2(3)4/h5-8,13,19-21,39,58H,1-4,9-12,14-15H2,(H,37,52)(H,40,48)(H,43,49)(H,44,53)(H,45,54)(H,50,51)(H,56,57)(H4,34,35,38)(H3,36,41,46,47,55);1H3,(H,3,4)/t19-,20-,21-;/m0./s1. The minimum absolute atomic E-state index is 0.0453. The van der Waals surface area contributed by atoms with E-state index in [1.807, 2.05) is 0 Å². The monoisotopic (exact) mass is 888 g/mol. The minimum Gasteiger partial charge on any atom is -0.481 e. The lowest BCUT2D eigenvalue weighted by Crippen LogP contribution is -2.57. The van der Waals surface area contributed by atoms with Gasteiger partial charge >= 0.3 is 11.9 Å². The second-order valence-electron chi connectivity index (χ2n) is 12.9. The highest BCUT2D eigenvalue weighted by molar-refractivity contribution is 7.80. The molecule has 2 heterocycles. The summed E-state index contributed by atoms with van der Waals surface area (Å²) in [6.45, 7) is 0.941. The number of thiol groups is 1. The Kier molecular flexibility index (Phi) is 21.0. The summed E-state index contributed by atoms with van der Waals surface area (Å²) in [6, 6.07) is 1.98. The van der Waals surface area contributed by atoms with Crippen LogP contribution in [0, 0.1) is 0 Å². The van der Waals surface area contributed by atoms with Gasteiger partial charge in [0.2, 0.25) is 29.6 Å². The molecule has 27 heteroatoms. The molecule has 0 fully saturated rings. The molecule has 62 heavy (non-hydrogen) atoms. The Balaban J connectivity index is 0.00000316. The van der Waals surface area contributed by atoms with Crippen LogP contribution < -0.4 is 54.7 Å². The van der Waals surface area contributed by atoms with Crippen LogP contribution in [0.25, 0.3) is 11.2 Å². The van der Waals surface area contributed by atoms with Crippen LogP contribution in [-0.4, -0.2) is 132 Å². The summed E-state index contributed by atoms with van der Waals surface area (Å²) in [5, 5.41) is 40.8. The molecule has 0 saturated carbocycles. The molecule has 0 aliphatic heterocycles. The molecule has 0 radical (unpaired) electrons. The molecule has 3 rings (SSSR count). The highest BCUT2D eigenvalue weighted by Crippen LogP contribution is 2.12. The first-order valence-corrected chi connectivity index (χ1v) is 19.0. The molecule has 16 N–H and O–H groups in total. The molecule has 1 aromatic carbocycles. The fraction of sp³-hybridized carbons (Fsp3) is 0.400. The minimum atomic E-state index is -1.71. The Hall–Kier alpha value is -7.58. The van der Waals surface area contributed by atoms with Crippen LogP contribution in [0.2, 0.25) is 0 Å². The summed E-state index contributed by atoms with van der Waals surface area (Å²) in [5.74, 6) is -8.16. The predicted molar refractivity (Wildman–Crippen MR) is 223 cm³/mol. The van der Waals surface area contributed by atoms with Crippen LogP contribution in [0.1, 0.15) is 55.1 Å². The van der Waals surface area contributed by atoms with Crippen LogP contribution in [-0.2, 0) is 40.1 Å². The topological polar surface area (TPSA) is 431 Å². The number of carbonyl (C=O) groups is 8. The van der Waals surface area contributed by atoms with Gasteiger partial charge in [0.15, 0.2) is 17.1 Å². The van der Waals surface area contributed by atoms with E-state index < -0.39 is 84.1 Å². The average Bonchev–Trinajstić information content (AvgIpc) is 3.20. The number of anilines is 2. The number of aromatic nitrogens is 4. The molecule has 336 valence electrons. The average molecular weight is 889 g/mol. The quantitative estimate of drug-likeness (QED) is 0.0191. The third-order valence-electron chi connectivity index (χ3n) is 7.82. The smallest absolute Gasteiger partial charge is 0.327 e. The van der Waals surface area contributed by atoms with Crippen molar-refractivity contribution in [3.05, 3.63) is 52.1 Å². The summed E-state index contributed by atoms with van der Waals surface area (Å²) < 4.78 is 0. The Morgan fingerprint density at radius 2 is 1.52 bits per heavy atom. The van der Waals surface area contributed by atoms with Gasteiger partial charge in [0.1, 0.15) is 18.1 Å². The molecule has 3 atom stereocenters. The summed E-state index contributed by atoms with van der Waals surface area (Å²) in [5.41, 5.74) is 17.3. The van der Waals surface area contributed by atoms with Crippen molar-refractivity contribution in [1.82, 2.24) is 46.5 Å². The highest BCUT2D eigenvalue weighted by Gasteiger charge is 2.30. The van der Waals surface area contributed by atoms with E-state index in [1.165, 1.54) is 6.20 Å². The van der Waals surface area contributed by atoms with Gasteiger partial charge in [-0.15, -0.1) is 0 Å². The zero-order chi connectivity index (χ0) is 46.4. The van der Waals surface area contributed by atoms with E-state index >= 15 is 0 Å². The maximum absolute atomic E-state index is 13.2. The van der Waals surface area contributed by atoms with Crippen molar-refractivity contribution in [1.29, 1.82) is 0 Å². The van der Waals surface area contributed by atoms with Gasteiger partial charge in [-0.2, -0.15) is 17.6 Å². The molecule has 0 spiro atoms. The lowest BCUT2D eigenvalue weighted by molar-refractivity contribution is -0.143. The van der Waals surface area contributed by atoms with Crippen molar-refractivity contribution in [2.75, 3.05) is 36.4 Å². The number of guanidine groups is 1. The second kappa shape index (κ2) is 25.8. The normalized spacial score (nSPS) is 11.8. The molecule has 2 aromatic heterocycles. The fourth-order valence-electron chi connectivity index (χ4n) is 4.94. The van der Waals surface area contributed by atoms with Crippen LogP contribution in [0.3, 0.4) is 0 Å². The van der Waals surface area contributed by atoms with Gasteiger partial charge in [-0.1, -0.05) is 0 Å². The summed E-state index contributed by atoms with van der Waals surface area (Å²) in [6.07, 6.45) is 0.785. The van der Waals surface area contributed by atoms with Crippen molar-refractivity contribution in [2.45, 2.75) is 63.7 Å². The number of aromatic amines is 1. The van der Waals surface area contributed by atoms with E-state index in [0.717, 1.165) is 6.92 Å². The number of nitrogens with two attached hydrogens (primary N) is 3. The third kappa shape index (κ3) is 19.0. The number of H-pyrrole nitrogens is 1. The Morgan fingerprint density at radius 3 is 2.13 bits per heavy atom. The van der Waals surface area contributed by atoms with Crippen LogP contribution in [0.15, 0.2) is 40.2 Å². The van der Waals surface area contributed by atoms with Crippen molar-refractivity contribution in [3.63, 3.8) is 0 Å². The number of hydrogen-bond donors (Lipinski definition) is 14. The van der Waals surface area contributed by atoms with Crippen molar-refractivity contribution in [3.8, 4) is 0 Å². The molecule has 0 saturated heterocycles. The van der Waals surface area contributed by atoms with E-state index in [-0.39, 0.29) is 74.1 Å². The largest absolute Gasteiger partial charge is 0.481 e. The molecule has 3 aromatic rings. The number of rotatable bonds is 23. The maximum atomic E-state index is 13.2. The van der Waals surface area contributed by atoms with Crippen LogP contribution >= 0.6 is 12.6 Å².